The normalized spacial score (nSPS) is 17.7. The Hall–Kier alpha value is -2.69. The molecule has 0 aromatic heterocycles. The van der Waals surface area contributed by atoms with Crippen molar-refractivity contribution >= 4 is 5.97 Å². The summed E-state index contributed by atoms with van der Waals surface area (Å²) in [5.74, 6) is 0.998. The van der Waals surface area contributed by atoms with Gasteiger partial charge in [0.05, 0.1) is 0 Å². The van der Waals surface area contributed by atoms with Gasteiger partial charge >= 0.3 is 5.97 Å². The van der Waals surface area contributed by atoms with Crippen molar-refractivity contribution in [2.75, 3.05) is 0 Å². The molecule has 0 bridgehead atoms. The number of carboxylic acids is 1. The van der Waals surface area contributed by atoms with Crippen molar-refractivity contribution in [3.63, 3.8) is 0 Å². The van der Waals surface area contributed by atoms with Crippen LogP contribution in [0.3, 0.4) is 0 Å². The molecule has 5 nitrogen and oxygen atoms in total. The number of aromatic hydroxyl groups is 1. The summed E-state index contributed by atoms with van der Waals surface area (Å²) in [6.07, 6.45) is 8.58. The summed E-state index contributed by atoms with van der Waals surface area (Å²) >= 11 is 0. The van der Waals surface area contributed by atoms with E-state index in [1.54, 1.807) is 13.8 Å². The maximum Gasteiger partial charge on any atom is 0.347 e. The smallest absolute Gasteiger partial charge is 0.347 e. The third kappa shape index (κ3) is 5.86. The van der Waals surface area contributed by atoms with E-state index in [0.29, 0.717) is 11.5 Å². The first kappa shape index (κ1) is 25.9. The molecular formula is C29H40O5. The zero-order valence-corrected chi connectivity index (χ0v) is 21.6. The second-order valence-electron chi connectivity index (χ2n) is 10.6. The minimum atomic E-state index is -1.24. The minimum Gasteiger partial charge on any atom is -0.507 e. The summed E-state index contributed by atoms with van der Waals surface area (Å²) in [7, 11) is 0. The number of unbranched alkanes of at least 4 members (excludes halogenated alkanes) is 3. The number of phenols is 1. The largest absolute Gasteiger partial charge is 0.507 e. The van der Waals surface area contributed by atoms with E-state index in [2.05, 4.69) is 6.92 Å². The van der Waals surface area contributed by atoms with E-state index in [1.807, 2.05) is 45.0 Å². The maximum atomic E-state index is 11.2. The summed E-state index contributed by atoms with van der Waals surface area (Å²) in [6, 6.07) is 7.74. The van der Waals surface area contributed by atoms with Crippen LogP contribution in [0, 0.1) is 20.8 Å². The average molecular weight is 469 g/mol. The molecule has 0 saturated heterocycles. The average Bonchev–Trinajstić information content (AvgIpc) is 2.79. The van der Waals surface area contributed by atoms with Crippen LogP contribution < -0.4 is 9.47 Å². The van der Waals surface area contributed by atoms with Gasteiger partial charge < -0.3 is 19.7 Å². The Bertz CT molecular complexity index is 1020. The lowest BCUT2D eigenvalue weighted by Crippen LogP contribution is -2.37. The molecule has 2 aromatic carbocycles. The number of aliphatic carboxylic acids is 1. The van der Waals surface area contributed by atoms with Gasteiger partial charge in [-0.2, -0.15) is 0 Å². The molecule has 3 rings (SSSR count). The fourth-order valence-electron chi connectivity index (χ4n) is 4.71. The molecule has 34 heavy (non-hydrogen) atoms. The van der Waals surface area contributed by atoms with Gasteiger partial charge in [0.25, 0.3) is 0 Å². The molecule has 5 heteroatoms. The number of hydrogen-bond donors (Lipinski definition) is 2. The summed E-state index contributed by atoms with van der Waals surface area (Å²) in [5.41, 5.74) is 3.97. The molecule has 0 unspecified atom stereocenters. The number of carboxylic acid groups (broad SMARTS) is 1. The molecule has 1 atom stereocenters. The molecule has 186 valence electrons. The quantitative estimate of drug-likeness (QED) is 0.374. The lowest BCUT2D eigenvalue weighted by atomic mass is 9.84. The highest BCUT2D eigenvalue weighted by Gasteiger charge is 2.34. The molecule has 0 aliphatic carbocycles. The maximum absolute atomic E-state index is 11.2. The zero-order chi connectivity index (χ0) is 25.1. The number of carbonyl (C=O) groups is 1. The molecule has 1 aliphatic heterocycles. The molecular weight excluding hydrogens is 428 g/mol. The van der Waals surface area contributed by atoms with Crippen molar-refractivity contribution in [2.45, 2.75) is 104 Å². The van der Waals surface area contributed by atoms with Gasteiger partial charge in [0.2, 0.25) is 0 Å². The van der Waals surface area contributed by atoms with Crippen LogP contribution in [-0.4, -0.2) is 27.4 Å². The van der Waals surface area contributed by atoms with Crippen LogP contribution in [0.4, 0.5) is 0 Å². The van der Waals surface area contributed by atoms with Gasteiger partial charge in [-0.1, -0.05) is 25.0 Å². The number of ether oxygens (including phenoxy) is 2. The standard InChI is InChI=1S/C29H40O5/c1-19-20(2)26-24(21(3)25(19)30)16-18-29(6,34-26)17-10-8-7-9-11-22-12-14-23(15-13-22)33-28(4,5)27(31)32/h12-15,30H,7-11,16-18H2,1-6H3,(H,31,32)/t29-/m1/s1. The van der Waals surface area contributed by atoms with Crippen molar-refractivity contribution in [3.8, 4) is 17.2 Å². The summed E-state index contributed by atoms with van der Waals surface area (Å²) in [5, 5.41) is 19.6. The van der Waals surface area contributed by atoms with Crippen LogP contribution in [-0.2, 0) is 17.6 Å². The van der Waals surface area contributed by atoms with Gasteiger partial charge in [-0.15, -0.1) is 0 Å². The molecule has 0 amide bonds. The van der Waals surface area contributed by atoms with Crippen LogP contribution in [0.2, 0.25) is 0 Å². The summed E-state index contributed by atoms with van der Waals surface area (Å²) in [4.78, 5) is 11.2. The number of phenolic OH excluding ortho intramolecular Hbond substituents is 1. The summed E-state index contributed by atoms with van der Waals surface area (Å²) < 4.78 is 12.1. The monoisotopic (exact) mass is 468 g/mol. The Morgan fingerprint density at radius 2 is 1.68 bits per heavy atom. The van der Waals surface area contributed by atoms with E-state index < -0.39 is 11.6 Å². The lowest BCUT2D eigenvalue weighted by Gasteiger charge is -2.38. The topological polar surface area (TPSA) is 76.0 Å². The van der Waals surface area contributed by atoms with Gasteiger partial charge in [-0.3, -0.25) is 0 Å². The van der Waals surface area contributed by atoms with Crippen molar-refractivity contribution in [2.24, 2.45) is 0 Å². The number of hydrogen-bond acceptors (Lipinski definition) is 4. The fraction of sp³-hybridized carbons (Fsp3) is 0.552. The Kier molecular flexibility index (Phi) is 7.84. The molecule has 2 aromatic rings. The molecule has 1 heterocycles. The number of aryl methyl sites for hydroxylation is 1. The van der Waals surface area contributed by atoms with Gasteiger partial charge in [0.15, 0.2) is 5.60 Å². The predicted octanol–water partition coefficient (Wildman–Crippen LogP) is 6.84. The van der Waals surface area contributed by atoms with E-state index >= 15 is 0 Å². The third-order valence-corrected chi connectivity index (χ3v) is 7.33. The highest BCUT2D eigenvalue weighted by molar-refractivity contribution is 5.76. The first-order chi connectivity index (χ1) is 15.9. The Labute approximate surface area is 204 Å². The fourth-order valence-corrected chi connectivity index (χ4v) is 4.71. The van der Waals surface area contributed by atoms with Crippen LogP contribution in [0.15, 0.2) is 24.3 Å². The SMILES string of the molecule is Cc1c(C)c2c(c(C)c1O)CC[C@@](C)(CCCCCCc1ccc(OC(C)(C)C(=O)O)cc1)O2. The van der Waals surface area contributed by atoms with Crippen molar-refractivity contribution in [1.82, 2.24) is 0 Å². The first-order valence-electron chi connectivity index (χ1n) is 12.5. The Morgan fingerprint density at radius 1 is 1.03 bits per heavy atom. The van der Waals surface area contributed by atoms with E-state index in [9.17, 15) is 15.0 Å². The van der Waals surface area contributed by atoms with Gasteiger partial charge in [0.1, 0.15) is 22.8 Å². The van der Waals surface area contributed by atoms with Crippen molar-refractivity contribution in [1.29, 1.82) is 0 Å². The van der Waals surface area contributed by atoms with Crippen LogP contribution in [0.1, 0.15) is 87.1 Å². The van der Waals surface area contributed by atoms with Crippen LogP contribution in [0.5, 0.6) is 17.2 Å². The van der Waals surface area contributed by atoms with E-state index in [4.69, 9.17) is 9.47 Å². The number of benzene rings is 2. The summed E-state index contributed by atoms with van der Waals surface area (Å²) in [6.45, 7) is 11.3. The van der Waals surface area contributed by atoms with Crippen LogP contribution in [0.25, 0.3) is 0 Å². The molecule has 0 spiro atoms. The Balaban J connectivity index is 1.42. The highest BCUT2D eigenvalue weighted by Crippen LogP contribution is 2.44. The number of fused-ring (bicyclic) bond motifs is 1. The molecule has 2 N–H and O–H groups in total. The van der Waals surface area contributed by atoms with Crippen LogP contribution >= 0.6 is 0 Å². The molecule has 0 saturated carbocycles. The highest BCUT2D eigenvalue weighted by atomic mass is 16.5. The molecule has 0 fully saturated rings. The zero-order valence-electron chi connectivity index (χ0n) is 21.6. The Morgan fingerprint density at radius 3 is 2.32 bits per heavy atom. The molecule has 0 radical (unpaired) electrons. The van der Waals surface area contributed by atoms with Crippen molar-refractivity contribution in [3.05, 3.63) is 52.1 Å². The van der Waals surface area contributed by atoms with Crippen molar-refractivity contribution < 1.29 is 24.5 Å². The lowest BCUT2D eigenvalue weighted by molar-refractivity contribution is -0.152. The van der Waals surface area contributed by atoms with E-state index in [0.717, 1.165) is 61.0 Å². The van der Waals surface area contributed by atoms with Gasteiger partial charge in [-0.25, -0.2) is 4.79 Å². The first-order valence-corrected chi connectivity index (χ1v) is 12.5. The van der Waals surface area contributed by atoms with E-state index in [1.165, 1.54) is 24.0 Å². The number of rotatable bonds is 10. The second kappa shape index (κ2) is 10.3. The van der Waals surface area contributed by atoms with Gasteiger partial charge in [0, 0.05) is 5.56 Å². The molecule has 1 aliphatic rings. The van der Waals surface area contributed by atoms with Gasteiger partial charge in [-0.05, 0) is 114 Å². The second-order valence-corrected chi connectivity index (χ2v) is 10.6. The third-order valence-electron chi connectivity index (χ3n) is 7.33. The minimum absolute atomic E-state index is 0.146. The van der Waals surface area contributed by atoms with E-state index in [-0.39, 0.29) is 5.60 Å². The predicted molar refractivity (Wildman–Crippen MR) is 135 cm³/mol.